The Morgan fingerprint density at radius 1 is 1.06 bits per heavy atom. The molecule has 10 heteroatoms. The second-order valence-electron chi connectivity index (χ2n) is 6.45. The van der Waals surface area contributed by atoms with Crippen molar-refractivity contribution in [3.05, 3.63) is 87.1 Å². The first-order valence-electron chi connectivity index (χ1n) is 9.06. The van der Waals surface area contributed by atoms with E-state index in [1.807, 2.05) is 17.5 Å². The van der Waals surface area contributed by atoms with Crippen molar-refractivity contribution >= 4 is 44.9 Å². The largest absolute Gasteiger partial charge is 0.338 e. The standard InChI is InChI=1S/C21H12ClFN4O2S2/c22-13-3-1-12(2-4-13)19-25-17(29-26-19)11-31-21-24-16-9-10-30-18(16)20(28)27(21)15-7-5-14(23)6-8-15/h1-10H,11H2. The molecule has 0 saturated heterocycles. The third-order valence-corrected chi connectivity index (χ3v) is 6.50. The van der Waals surface area contributed by atoms with Crippen LogP contribution in [0.1, 0.15) is 5.89 Å². The van der Waals surface area contributed by atoms with Crippen molar-refractivity contribution in [2.24, 2.45) is 0 Å². The van der Waals surface area contributed by atoms with E-state index < -0.39 is 0 Å². The lowest BCUT2D eigenvalue weighted by molar-refractivity contribution is 0.391. The zero-order valence-electron chi connectivity index (χ0n) is 15.7. The Morgan fingerprint density at radius 3 is 2.61 bits per heavy atom. The molecule has 0 atom stereocenters. The van der Waals surface area contributed by atoms with Crippen LogP contribution < -0.4 is 5.56 Å². The lowest BCUT2D eigenvalue weighted by Crippen LogP contribution is -2.20. The van der Waals surface area contributed by atoms with Gasteiger partial charge in [0.05, 0.1) is 17.0 Å². The van der Waals surface area contributed by atoms with E-state index >= 15 is 0 Å². The van der Waals surface area contributed by atoms with Crippen molar-refractivity contribution in [2.45, 2.75) is 10.9 Å². The van der Waals surface area contributed by atoms with Crippen LogP contribution in [0.5, 0.6) is 0 Å². The molecule has 0 fully saturated rings. The van der Waals surface area contributed by atoms with Crippen molar-refractivity contribution in [2.75, 3.05) is 0 Å². The highest BCUT2D eigenvalue weighted by molar-refractivity contribution is 7.98. The van der Waals surface area contributed by atoms with E-state index in [0.29, 0.717) is 43.6 Å². The van der Waals surface area contributed by atoms with E-state index in [0.717, 1.165) is 5.56 Å². The van der Waals surface area contributed by atoms with E-state index in [2.05, 4.69) is 15.1 Å². The predicted octanol–water partition coefficient (Wildman–Crippen LogP) is 5.58. The van der Waals surface area contributed by atoms with Crippen LogP contribution >= 0.6 is 34.7 Å². The fourth-order valence-electron chi connectivity index (χ4n) is 2.96. The highest BCUT2D eigenvalue weighted by Crippen LogP contribution is 2.27. The smallest absolute Gasteiger partial charge is 0.276 e. The molecule has 0 aliphatic rings. The number of fused-ring (bicyclic) bond motifs is 1. The van der Waals surface area contributed by atoms with E-state index in [9.17, 15) is 9.18 Å². The molecular weight excluding hydrogens is 459 g/mol. The molecule has 5 rings (SSSR count). The van der Waals surface area contributed by atoms with Crippen LogP contribution in [0.3, 0.4) is 0 Å². The second kappa shape index (κ2) is 8.26. The van der Waals surface area contributed by atoms with Gasteiger partial charge in [-0.15, -0.1) is 11.3 Å². The summed E-state index contributed by atoms with van der Waals surface area (Å²) in [7, 11) is 0. The van der Waals surface area contributed by atoms with E-state index in [1.54, 1.807) is 30.3 Å². The van der Waals surface area contributed by atoms with Crippen LogP contribution in [0.25, 0.3) is 27.3 Å². The number of rotatable bonds is 5. The van der Waals surface area contributed by atoms with Gasteiger partial charge in [-0.25, -0.2) is 9.37 Å². The Labute approximate surface area is 188 Å². The predicted molar refractivity (Wildman–Crippen MR) is 119 cm³/mol. The summed E-state index contributed by atoms with van der Waals surface area (Å²) < 4.78 is 20.8. The average Bonchev–Trinajstić information content (AvgIpc) is 3.44. The molecule has 0 unspecified atom stereocenters. The molecule has 5 aromatic rings. The minimum absolute atomic E-state index is 0.207. The lowest BCUT2D eigenvalue weighted by atomic mass is 10.2. The van der Waals surface area contributed by atoms with Crippen molar-refractivity contribution < 1.29 is 8.91 Å². The number of hydrogen-bond donors (Lipinski definition) is 0. The number of aromatic nitrogens is 4. The molecule has 3 aromatic heterocycles. The molecule has 0 spiro atoms. The quantitative estimate of drug-likeness (QED) is 0.246. The molecule has 0 saturated carbocycles. The van der Waals surface area contributed by atoms with Gasteiger partial charge in [-0.3, -0.25) is 9.36 Å². The molecule has 31 heavy (non-hydrogen) atoms. The number of benzene rings is 2. The molecule has 0 aliphatic carbocycles. The van der Waals surface area contributed by atoms with Gasteiger partial charge in [0, 0.05) is 10.6 Å². The first-order chi connectivity index (χ1) is 15.1. The maximum atomic E-state index is 13.4. The van der Waals surface area contributed by atoms with Gasteiger partial charge in [-0.1, -0.05) is 28.5 Å². The van der Waals surface area contributed by atoms with Crippen LogP contribution in [-0.2, 0) is 5.75 Å². The van der Waals surface area contributed by atoms with Crippen molar-refractivity contribution in [3.63, 3.8) is 0 Å². The van der Waals surface area contributed by atoms with E-state index in [-0.39, 0.29) is 11.4 Å². The number of thioether (sulfide) groups is 1. The Balaban J connectivity index is 1.48. The van der Waals surface area contributed by atoms with Crippen LogP contribution in [0.15, 0.2) is 74.5 Å². The first-order valence-corrected chi connectivity index (χ1v) is 11.3. The third kappa shape index (κ3) is 3.99. The van der Waals surface area contributed by atoms with E-state index in [1.165, 1.54) is 39.8 Å². The first kappa shape index (κ1) is 19.9. The van der Waals surface area contributed by atoms with Gasteiger partial charge in [0.2, 0.25) is 11.7 Å². The maximum Gasteiger partial charge on any atom is 0.276 e. The number of halogens is 2. The van der Waals surface area contributed by atoms with Crippen LogP contribution in [0, 0.1) is 5.82 Å². The summed E-state index contributed by atoms with van der Waals surface area (Å²) in [5, 5.41) is 6.90. The summed E-state index contributed by atoms with van der Waals surface area (Å²) in [4.78, 5) is 22.1. The zero-order valence-corrected chi connectivity index (χ0v) is 18.0. The van der Waals surface area contributed by atoms with Gasteiger partial charge < -0.3 is 4.52 Å². The van der Waals surface area contributed by atoms with Crippen LogP contribution in [0.4, 0.5) is 4.39 Å². The summed E-state index contributed by atoms with van der Waals surface area (Å²) in [6.07, 6.45) is 0. The Morgan fingerprint density at radius 2 is 1.84 bits per heavy atom. The molecule has 0 aliphatic heterocycles. The molecule has 0 amide bonds. The van der Waals surface area contributed by atoms with Gasteiger partial charge >= 0.3 is 0 Å². The van der Waals surface area contributed by atoms with Gasteiger partial charge in [-0.2, -0.15) is 4.98 Å². The molecule has 2 aromatic carbocycles. The van der Waals surface area contributed by atoms with Crippen molar-refractivity contribution in [1.82, 2.24) is 19.7 Å². The Kier molecular flexibility index (Phi) is 5.31. The lowest BCUT2D eigenvalue weighted by Gasteiger charge is -2.11. The minimum atomic E-state index is -0.378. The number of nitrogens with zero attached hydrogens (tertiary/aromatic N) is 4. The van der Waals surface area contributed by atoms with Gasteiger partial charge in [-0.05, 0) is 60.0 Å². The number of hydrogen-bond acceptors (Lipinski definition) is 7. The van der Waals surface area contributed by atoms with Crippen LogP contribution in [-0.4, -0.2) is 19.7 Å². The molecule has 0 N–H and O–H groups in total. The molecule has 6 nitrogen and oxygen atoms in total. The van der Waals surface area contributed by atoms with Gasteiger partial charge in [0.25, 0.3) is 5.56 Å². The van der Waals surface area contributed by atoms with Crippen LogP contribution in [0.2, 0.25) is 5.02 Å². The van der Waals surface area contributed by atoms with Gasteiger partial charge in [0.15, 0.2) is 5.16 Å². The number of thiophene rings is 1. The monoisotopic (exact) mass is 470 g/mol. The molecule has 0 radical (unpaired) electrons. The minimum Gasteiger partial charge on any atom is -0.338 e. The Hall–Kier alpha value is -3.01. The molecule has 0 bridgehead atoms. The molecular formula is C21H12ClFN4O2S2. The summed E-state index contributed by atoms with van der Waals surface area (Å²) in [5.74, 6) is 0.769. The highest BCUT2D eigenvalue weighted by Gasteiger charge is 2.16. The maximum absolute atomic E-state index is 13.4. The Bertz CT molecular complexity index is 1430. The van der Waals surface area contributed by atoms with Gasteiger partial charge in [0.1, 0.15) is 10.5 Å². The summed E-state index contributed by atoms with van der Waals surface area (Å²) in [6.45, 7) is 0. The topological polar surface area (TPSA) is 73.8 Å². The third-order valence-electron chi connectivity index (χ3n) is 4.43. The SMILES string of the molecule is O=c1c2sccc2nc(SCc2nc(-c3ccc(Cl)cc3)no2)n1-c1ccc(F)cc1. The molecule has 3 heterocycles. The average molecular weight is 471 g/mol. The summed E-state index contributed by atoms with van der Waals surface area (Å²) >= 11 is 8.53. The van der Waals surface area contributed by atoms with E-state index in [4.69, 9.17) is 16.1 Å². The normalized spacial score (nSPS) is 11.3. The fourth-order valence-corrected chi connectivity index (χ4v) is 4.70. The van der Waals surface area contributed by atoms with Crippen molar-refractivity contribution in [1.29, 1.82) is 0 Å². The summed E-state index contributed by atoms with van der Waals surface area (Å²) in [6, 6.07) is 14.6. The fraction of sp³-hybridized carbons (Fsp3) is 0.0476. The zero-order chi connectivity index (χ0) is 21.4. The highest BCUT2D eigenvalue weighted by atomic mass is 35.5. The van der Waals surface area contributed by atoms with Crippen molar-refractivity contribution in [3.8, 4) is 17.1 Å². The second-order valence-corrected chi connectivity index (χ2v) is 8.75. The molecule has 154 valence electrons. The summed E-state index contributed by atoms with van der Waals surface area (Å²) in [5.41, 5.74) is 1.72.